The largest absolute Gasteiger partial charge is 0.451 e. The minimum absolute atomic E-state index is 0.0264. The number of nitrogens with zero attached hydrogens (tertiary/aromatic N) is 3. The van der Waals surface area contributed by atoms with Gasteiger partial charge in [-0.2, -0.15) is 0 Å². The highest BCUT2D eigenvalue weighted by Gasteiger charge is 2.24. The minimum Gasteiger partial charge on any atom is -0.451 e. The Labute approximate surface area is 143 Å². The van der Waals surface area contributed by atoms with E-state index >= 15 is 0 Å². The Kier molecular flexibility index (Phi) is 4.51. The van der Waals surface area contributed by atoms with Crippen molar-refractivity contribution in [3.63, 3.8) is 0 Å². The van der Waals surface area contributed by atoms with E-state index in [-0.39, 0.29) is 17.3 Å². The van der Waals surface area contributed by atoms with Gasteiger partial charge in [-0.25, -0.2) is 4.79 Å². The molecule has 0 fully saturated rings. The summed E-state index contributed by atoms with van der Waals surface area (Å²) in [7, 11) is 1.51. The fourth-order valence-electron chi connectivity index (χ4n) is 2.92. The summed E-state index contributed by atoms with van der Waals surface area (Å²) in [6.07, 6.45) is 2.98. The van der Waals surface area contributed by atoms with Gasteiger partial charge in [0, 0.05) is 25.3 Å². The first-order chi connectivity index (χ1) is 12.0. The maximum Gasteiger partial charge on any atom is 0.355 e. The molecular formula is C17H17N3O5. The van der Waals surface area contributed by atoms with Crippen molar-refractivity contribution in [3.8, 4) is 0 Å². The highest BCUT2D eigenvalue weighted by Crippen LogP contribution is 2.26. The quantitative estimate of drug-likeness (QED) is 0.481. The maximum atomic E-state index is 12.4. The molecule has 1 aromatic heterocycles. The topological polar surface area (TPSA) is 94.7 Å². The lowest BCUT2D eigenvalue weighted by Crippen LogP contribution is -2.38. The second kappa shape index (κ2) is 6.76. The zero-order valence-electron chi connectivity index (χ0n) is 13.7. The van der Waals surface area contributed by atoms with Crippen LogP contribution in [0.3, 0.4) is 0 Å². The summed E-state index contributed by atoms with van der Waals surface area (Å²) in [5.41, 5.74) is 1.75. The average molecular weight is 343 g/mol. The number of carbonyl (C=O) groups excluding carboxylic acids is 2. The van der Waals surface area contributed by atoms with E-state index in [0.29, 0.717) is 6.54 Å². The molecule has 0 unspecified atom stereocenters. The van der Waals surface area contributed by atoms with Crippen LogP contribution in [-0.2, 0) is 23.0 Å². The number of aromatic nitrogens is 1. The van der Waals surface area contributed by atoms with E-state index in [2.05, 4.69) is 0 Å². The number of nitro groups is 1. The Morgan fingerprint density at radius 3 is 2.80 bits per heavy atom. The lowest BCUT2D eigenvalue weighted by atomic mass is 10.0. The van der Waals surface area contributed by atoms with Crippen LogP contribution in [-0.4, -0.2) is 34.5 Å². The van der Waals surface area contributed by atoms with E-state index in [1.807, 2.05) is 24.3 Å². The predicted molar refractivity (Wildman–Crippen MR) is 89.5 cm³/mol. The van der Waals surface area contributed by atoms with Crippen molar-refractivity contribution in [3.05, 3.63) is 57.9 Å². The van der Waals surface area contributed by atoms with Crippen LogP contribution in [0.2, 0.25) is 0 Å². The number of esters is 1. The lowest BCUT2D eigenvalue weighted by molar-refractivity contribution is -0.384. The van der Waals surface area contributed by atoms with Crippen LogP contribution in [0.15, 0.2) is 36.5 Å². The van der Waals surface area contributed by atoms with Gasteiger partial charge in [0.15, 0.2) is 6.61 Å². The van der Waals surface area contributed by atoms with Gasteiger partial charge in [0.1, 0.15) is 5.69 Å². The maximum absolute atomic E-state index is 12.4. The summed E-state index contributed by atoms with van der Waals surface area (Å²) < 4.78 is 6.37. The van der Waals surface area contributed by atoms with Gasteiger partial charge in [-0.3, -0.25) is 14.9 Å². The fraction of sp³-hybridized carbons (Fsp3) is 0.294. The van der Waals surface area contributed by atoms with Crippen molar-refractivity contribution in [2.45, 2.75) is 12.8 Å². The van der Waals surface area contributed by atoms with Gasteiger partial charge < -0.3 is 14.2 Å². The normalized spacial score (nSPS) is 13.2. The molecule has 0 N–H and O–H groups in total. The van der Waals surface area contributed by atoms with E-state index in [1.165, 1.54) is 17.8 Å². The number of anilines is 1. The van der Waals surface area contributed by atoms with Gasteiger partial charge in [-0.05, 0) is 24.5 Å². The zero-order valence-corrected chi connectivity index (χ0v) is 13.7. The number of benzene rings is 1. The van der Waals surface area contributed by atoms with Crippen LogP contribution in [0.1, 0.15) is 22.5 Å². The molecule has 0 saturated heterocycles. The first-order valence-electron chi connectivity index (χ1n) is 7.83. The van der Waals surface area contributed by atoms with E-state index in [9.17, 15) is 19.7 Å². The monoisotopic (exact) mass is 343 g/mol. The van der Waals surface area contributed by atoms with E-state index in [1.54, 1.807) is 4.90 Å². The van der Waals surface area contributed by atoms with Gasteiger partial charge in [-0.15, -0.1) is 0 Å². The van der Waals surface area contributed by atoms with Gasteiger partial charge in [0.25, 0.3) is 11.6 Å². The summed E-state index contributed by atoms with van der Waals surface area (Å²) in [5.74, 6) is -1.08. The average Bonchev–Trinajstić information content (AvgIpc) is 3.01. The SMILES string of the molecule is Cn1cc([N+](=O)[O-])cc1C(=O)OCC(=O)N1CCCc2ccccc21. The number of fused-ring (bicyclic) bond motifs is 1. The molecule has 2 heterocycles. The predicted octanol–water partition coefficient (Wildman–Crippen LogP) is 2.07. The van der Waals surface area contributed by atoms with E-state index in [4.69, 9.17) is 4.74 Å². The van der Waals surface area contributed by atoms with Crippen LogP contribution >= 0.6 is 0 Å². The highest BCUT2D eigenvalue weighted by molar-refractivity contribution is 5.97. The van der Waals surface area contributed by atoms with Crippen LogP contribution < -0.4 is 4.90 Å². The molecule has 0 aliphatic carbocycles. The van der Waals surface area contributed by atoms with Crippen LogP contribution in [0.25, 0.3) is 0 Å². The Hall–Kier alpha value is -3.16. The molecule has 1 aliphatic heterocycles. The third kappa shape index (κ3) is 3.37. The van der Waals surface area contributed by atoms with Gasteiger partial charge >= 0.3 is 5.97 Å². The standard InChI is InChI=1S/C17H17N3O5/c1-18-10-13(20(23)24)9-15(18)17(22)25-11-16(21)19-8-4-6-12-5-2-3-7-14(12)19/h2-3,5,7,9-10H,4,6,8,11H2,1H3. The smallest absolute Gasteiger partial charge is 0.355 e. The Morgan fingerprint density at radius 2 is 2.08 bits per heavy atom. The third-order valence-corrected chi connectivity index (χ3v) is 4.15. The molecule has 8 nitrogen and oxygen atoms in total. The number of hydrogen-bond acceptors (Lipinski definition) is 5. The second-order valence-electron chi connectivity index (χ2n) is 5.81. The number of ether oxygens (including phenoxy) is 1. The summed E-state index contributed by atoms with van der Waals surface area (Å²) >= 11 is 0. The zero-order chi connectivity index (χ0) is 18.0. The summed E-state index contributed by atoms with van der Waals surface area (Å²) in [6, 6.07) is 8.76. The molecule has 3 rings (SSSR count). The third-order valence-electron chi connectivity index (χ3n) is 4.15. The second-order valence-corrected chi connectivity index (χ2v) is 5.81. The van der Waals surface area contributed by atoms with Crippen molar-refractivity contribution in [1.82, 2.24) is 4.57 Å². The van der Waals surface area contributed by atoms with Crippen molar-refractivity contribution in [2.24, 2.45) is 7.05 Å². The fourth-order valence-corrected chi connectivity index (χ4v) is 2.92. The summed E-state index contributed by atoms with van der Waals surface area (Å²) in [4.78, 5) is 36.3. The molecule has 1 amide bonds. The molecule has 1 aliphatic rings. The van der Waals surface area contributed by atoms with Gasteiger partial charge in [0.2, 0.25) is 0 Å². The summed E-state index contributed by atoms with van der Waals surface area (Å²) in [5, 5.41) is 10.8. The molecule has 0 spiro atoms. The number of rotatable bonds is 4. The Bertz CT molecular complexity index is 843. The number of carbonyl (C=O) groups is 2. The van der Waals surface area contributed by atoms with Crippen LogP contribution in [0.5, 0.6) is 0 Å². The first-order valence-corrected chi connectivity index (χ1v) is 7.83. The molecule has 0 atom stereocenters. The minimum atomic E-state index is -0.769. The molecule has 8 heteroatoms. The molecule has 2 aromatic rings. The van der Waals surface area contributed by atoms with Crippen molar-refractivity contribution < 1.29 is 19.2 Å². The first kappa shape index (κ1) is 16.7. The number of aryl methyl sites for hydroxylation is 2. The highest BCUT2D eigenvalue weighted by atomic mass is 16.6. The Morgan fingerprint density at radius 1 is 1.32 bits per heavy atom. The van der Waals surface area contributed by atoms with Crippen LogP contribution in [0, 0.1) is 10.1 Å². The number of hydrogen-bond donors (Lipinski definition) is 0. The van der Waals surface area contributed by atoms with Crippen molar-refractivity contribution in [2.75, 3.05) is 18.1 Å². The molecule has 0 saturated carbocycles. The van der Waals surface area contributed by atoms with Crippen LogP contribution in [0.4, 0.5) is 11.4 Å². The Balaban J connectivity index is 1.67. The lowest BCUT2D eigenvalue weighted by Gasteiger charge is -2.29. The molecule has 0 radical (unpaired) electrons. The molecule has 130 valence electrons. The van der Waals surface area contributed by atoms with Crippen molar-refractivity contribution >= 4 is 23.3 Å². The number of para-hydroxylation sites is 1. The van der Waals surface area contributed by atoms with Crippen molar-refractivity contribution in [1.29, 1.82) is 0 Å². The molecule has 1 aromatic carbocycles. The molecule has 25 heavy (non-hydrogen) atoms. The molecule has 0 bridgehead atoms. The van der Waals surface area contributed by atoms with Gasteiger partial charge in [0.05, 0.1) is 11.1 Å². The van der Waals surface area contributed by atoms with E-state index < -0.39 is 17.5 Å². The van der Waals surface area contributed by atoms with Gasteiger partial charge in [-0.1, -0.05) is 18.2 Å². The number of amides is 1. The molecular weight excluding hydrogens is 326 g/mol. The summed E-state index contributed by atoms with van der Waals surface area (Å²) in [6.45, 7) is 0.162. The van der Waals surface area contributed by atoms with E-state index in [0.717, 1.165) is 30.2 Å².